The fraction of sp³-hybridized carbons (Fsp3) is 0.385. The molecule has 0 radical (unpaired) electrons. The normalized spacial score (nSPS) is 9.89. The number of nitrogens with two attached hydrogens (primary N) is 1. The second-order valence-corrected chi connectivity index (χ2v) is 4.09. The van der Waals surface area contributed by atoms with Crippen molar-refractivity contribution >= 4 is 11.8 Å². The molecule has 0 aliphatic rings. The van der Waals surface area contributed by atoms with Crippen molar-refractivity contribution in [3.63, 3.8) is 0 Å². The molecule has 5 nitrogen and oxygen atoms in total. The molecule has 3 N–H and O–H groups in total. The predicted octanol–water partition coefficient (Wildman–Crippen LogP) is 0.674. The Labute approximate surface area is 106 Å². The molecule has 98 valence electrons. The molecule has 0 unspecified atom stereocenters. The van der Waals surface area contributed by atoms with E-state index in [1.54, 1.807) is 0 Å². The lowest BCUT2D eigenvalue weighted by atomic mass is 10.1. The Morgan fingerprint density at radius 3 is 2.61 bits per heavy atom. The molecular formula is C13H18N2O3. The zero-order valence-electron chi connectivity index (χ0n) is 10.7. The number of benzene rings is 1. The van der Waals surface area contributed by atoms with E-state index in [2.05, 4.69) is 5.32 Å². The number of nitrogens with one attached hydrogen (secondary N) is 1. The summed E-state index contributed by atoms with van der Waals surface area (Å²) in [5, 5.41) is 2.40. The number of aryl methyl sites for hydroxylation is 2. The molecule has 0 aromatic heterocycles. The highest BCUT2D eigenvalue weighted by Gasteiger charge is 2.03. The summed E-state index contributed by atoms with van der Waals surface area (Å²) in [4.78, 5) is 21.7. The predicted molar refractivity (Wildman–Crippen MR) is 68.2 cm³/mol. The van der Waals surface area contributed by atoms with Gasteiger partial charge in [0.1, 0.15) is 5.75 Å². The van der Waals surface area contributed by atoms with Gasteiger partial charge in [0, 0.05) is 0 Å². The van der Waals surface area contributed by atoms with Gasteiger partial charge in [-0.25, -0.2) is 0 Å². The molecule has 5 heteroatoms. The maximum Gasteiger partial charge on any atom is 0.236 e. The molecular weight excluding hydrogens is 232 g/mol. The van der Waals surface area contributed by atoms with Gasteiger partial charge in [0.25, 0.3) is 0 Å². The number of amides is 2. The van der Waals surface area contributed by atoms with Gasteiger partial charge in [-0.05, 0) is 37.1 Å². The Morgan fingerprint density at radius 1 is 1.28 bits per heavy atom. The van der Waals surface area contributed by atoms with Gasteiger partial charge in [0.15, 0.2) is 0 Å². The number of ether oxygens (including phenoxy) is 1. The fourth-order valence-electron chi connectivity index (χ4n) is 1.34. The first kappa shape index (κ1) is 14.0. The van der Waals surface area contributed by atoms with Crippen molar-refractivity contribution in [2.75, 3.05) is 13.2 Å². The summed E-state index contributed by atoms with van der Waals surface area (Å²) in [6.45, 7) is 4.16. The Kier molecular flexibility index (Phi) is 5.17. The largest absolute Gasteiger partial charge is 0.493 e. The van der Waals surface area contributed by atoms with Gasteiger partial charge in [-0.2, -0.15) is 0 Å². The molecule has 1 aromatic rings. The summed E-state index contributed by atoms with van der Waals surface area (Å²) in [5.41, 5.74) is 7.25. The van der Waals surface area contributed by atoms with Crippen LogP contribution in [0.1, 0.15) is 17.5 Å². The van der Waals surface area contributed by atoms with E-state index in [9.17, 15) is 9.59 Å². The maximum absolute atomic E-state index is 11.3. The lowest BCUT2D eigenvalue weighted by Crippen LogP contribution is -2.33. The van der Waals surface area contributed by atoms with Crippen molar-refractivity contribution in [2.45, 2.75) is 20.3 Å². The fourth-order valence-corrected chi connectivity index (χ4v) is 1.34. The summed E-state index contributed by atoms with van der Waals surface area (Å²) in [6.07, 6.45) is 0.195. The first-order valence-corrected chi connectivity index (χ1v) is 5.74. The number of hydrogen-bond donors (Lipinski definition) is 2. The van der Waals surface area contributed by atoms with Gasteiger partial charge in [-0.1, -0.05) is 6.07 Å². The first-order valence-electron chi connectivity index (χ1n) is 5.74. The van der Waals surface area contributed by atoms with Crippen LogP contribution in [0.2, 0.25) is 0 Å². The molecule has 0 aliphatic carbocycles. The van der Waals surface area contributed by atoms with E-state index in [0.717, 1.165) is 11.3 Å². The summed E-state index contributed by atoms with van der Waals surface area (Å²) >= 11 is 0. The topological polar surface area (TPSA) is 81.4 Å². The van der Waals surface area contributed by atoms with Crippen molar-refractivity contribution in [2.24, 2.45) is 5.73 Å². The van der Waals surface area contributed by atoms with Gasteiger partial charge in [0.2, 0.25) is 11.8 Å². The maximum atomic E-state index is 11.3. The Morgan fingerprint density at radius 2 is 2.00 bits per heavy atom. The molecule has 0 aliphatic heterocycles. The SMILES string of the molecule is Cc1ccc(OCCC(=O)NCC(N)=O)cc1C. The lowest BCUT2D eigenvalue weighted by molar-refractivity contribution is -0.125. The van der Waals surface area contributed by atoms with Crippen LogP contribution < -0.4 is 15.8 Å². The van der Waals surface area contributed by atoms with Gasteiger partial charge in [-0.3, -0.25) is 9.59 Å². The van der Waals surface area contributed by atoms with E-state index in [-0.39, 0.29) is 25.5 Å². The van der Waals surface area contributed by atoms with E-state index >= 15 is 0 Å². The molecule has 1 rings (SSSR count). The molecule has 2 amide bonds. The first-order chi connectivity index (χ1) is 8.49. The molecule has 0 saturated heterocycles. The summed E-state index contributed by atoms with van der Waals surface area (Å²) in [5.74, 6) is -0.0723. The monoisotopic (exact) mass is 250 g/mol. The van der Waals surface area contributed by atoms with Crippen molar-refractivity contribution in [1.82, 2.24) is 5.32 Å². The van der Waals surface area contributed by atoms with Crippen molar-refractivity contribution < 1.29 is 14.3 Å². The molecule has 0 atom stereocenters. The van der Waals surface area contributed by atoms with E-state index in [1.165, 1.54) is 5.56 Å². The number of primary amides is 1. The minimum absolute atomic E-state index is 0.136. The highest BCUT2D eigenvalue weighted by Crippen LogP contribution is 2.16. The van der Waals surface area contributed by atoms with Crippen LogP contribution in [0.3, 0.4) is 0 Å². The smallest absolute Gasteiger partial charge is 0.236 e. The summed E-state index contributed by atoms with van der Waals surface area (Å²) in [7, 11) is 0. The zero-order chi connectivity index (χ0) is 13.5. The zero-order valence-corrected chi connectivity index (χ0v) is 10.7. The summed E-state index contributed by atoms with van der Waals surface area (Å²) in [6, 6.07) is 5.76. The minimum Gasteiger partial charge on any atom is -0.493 e. The average molecular weight is 250 g/mol. The van der Waals surface area contributed by atoms with Crippen molar-refractivity contribution in [3.8, 4) is 5.75 Å². The number of rotatable bonds is 6. The number of carbonyl (C=O) groups excluding carboxylic acids is 2. The molecule has 0 heterocycles. The molecule has 0 spiro atoms. The van der Waals surface area contributed by atoms with Crippen LogP contribution in [0.4, 0.5) is 0 Å². The van der Waals surface area contributed by atoms with Gasteiger partial charge < -0.3 is 15.8 Å². The summed E-state index contributed by atoms with van der Waals surface area (Å²) < 4.78 is 5.44. The number of hydrogen-bond acceptors (Lipinski definition) is 3. The third kappa shape index (κ3) is 4.86. The highest BCUT2D eigenvalue weighted by atomic mass is 16.5. The second kappa shape index (κ2) is 6.64. The van der Waals surface area contributed by atoms with E-state index < -0.39 is 5.91 Å². The molecule has 0 saturated carbocycles. The molecule has 18 heavy (non-hydrogen) atoms. The van der Waals surface area contributed by atoms with Crippen LogP contribution >= 0.6 is 0 Å². The van der Waals surface area contributed by atoms with Crippen LogP contribution in [-0.2, 0) is 9.59 Å². The van der Waals surface area contributed by atoms with Gasteiger partial charge in [0.05, 0.1) is 19.6 Å². The third-order valence-corrected chi connectivity index (χ3v) is 2.54. The quantitative estimate of drug-likeness (QED) is 0.778. The van der Waals surface area contributed by atoms with Crippen LogP contribution in [0.15, 0.2) is 18.2 Å². The minimum atomic E-state index is -0.557. The van der Waals surface area contributed by atoms with Gasteiger partial charge in [-0.15, -0.1) is 0 Å². The van der Waals surface area contributed by atoms with E-state index in [4.69, 9.17) is 10.5 Å². The highest BCUT2D eigenvalue weighted by molar-refractivity contribution is 5.83. The van der Waals surface area contributed by atoms with Crippen molar-refractivity contribution in [3.05, 3.63) is 29.3 Å². The van der Waals surface area contributed by atoms with Crippen LogP contribution in [-0.4, -0.2) is 25.0 Å². The second-order valence-electron chi connectivity index (χ2n) is 4.09. The molecule has 0 fully saturated rings. The standard InChI is InChI=1S/C13H18N2O3/c1-9-3-4-11(7-10(9)2)18-6-5-13(17)15-8-12(14)16/h3-4,7H,5-6,8H2,1-2H3,(H2,14,16)(H,15,17). The average Bonchev–Trinajstić information content (AvgIpc) is 2.31. The Balaban J connectivity index is 2.30. The molecule has 0 bridgehead atoms. The van der Waals surface area contributed by atoms with Crippen LogP contribution in [0, 0.1) is 13.8 Å². The molecule has 1 aromatic carbocycles. The number of carbonyl (C=O) groups is 2. The van der Waals surface area contributed by atoms with E-state index in [0.29, 0.717) is 0 Å². The lowest BCUT2D eigenvalue weighted by Gasteiger charge is -2.08. The van der Waals surface area contributed by atoms with Crippen molar-refractivity contribution in [1.29, 1.82) is 0 Å². The Hall–Kier alpha value is -2.04. The van der Waals surface area contributed by atoms with Crippen LogP contribution in [0.25, 0.3) is 0 Å². The third-order valence-electron chi connectivity index (χ3n) is 2.54. The van der Waals surface area contributed by atoms with Crippen LogP contribution in [0.5, 0.6) is 5.75 Å². The Bertz CT molecular complexity index is 444. The van der Waals surface area contributed by atoms with Gasteiger partial charge >= 0.3 is 0 Å². The van der Waals surface area contributed by atoms with E-state index in [1.807, 2.05) is 32.0 Å².